The van der Waals surface area contributed by atoms with Gasteiger partial charge in [0.2, 0.25) is 0 Å². The third-order valence-corrected chi connectivity index (χ3v) is 4.58. The molecular formula is C13H19BrN2O2. The van der Waals surface area contributed by atoms with E-state index in [0.717, 1.165) is 12.8 Å². The van der Waals surface area contributed by atoms with Gasteiger partial charge in [-0.05, 0) is 41.6 Å². The van der Waals surface area contributed by atoms with Crippen LogP contribution in [-0.4, -0.2) is 17.1 Å². The lowest BCUT2D eigenvalue weighted by Gasteiger charge is -2.28. The van der Waals surface area contributed by atoms with Gasteiger partial charge in [0.1, 0.15) is 16.4 Å². The third-order valence-electron chi connectivity index (χ3n) is 3.65. The fourth-order valence-corrected chi connectivity index (χ4v) is 2.88. The van der Waals surface area contributed by atoms with Crippen LogP contribution in [0.1, 0.15) is 49.7 Å². The molecule has 4 nitrogen and oxygen atoms in total. The van der Waals surface area contributed by atoms with E-state index in [2.05, 4.69) is 25.9 Å². The van der Waals surface area contributed by atoms with Crippen molar-refractivity contribution in [2.75, 3.05) is 7.11 Å². The molecule has 100 valence electrons. The Bertz CT molecular complexity index is 467. The number of rotatable bonds is 3. The molecule has 1 heterocycles. The van der Waals surface area contributed by atoms with Crippen molar-refractivity contribution in [2.24, 2.45) is 5.92 Å². The average molecular weight is 315 g/mol. The number of nitrogens with one attached hydrogen (secondary N) is 1. The molecule has 1 unspecified atom stereocenters. The van der Waals surface area contributed by atoms with Gasteiger partial charge in [0.25, 0.3) is 5.56 Å². The molecule has 0 radical (unpaired) electrons. The zero-order chi connectivity index (χ0) is 13.1. The minimum Gasteiger partial charge on any atom is -0.373 e. The molecule has 0 spiro atoms. The molecule has 0 bridgehead atoms. The topological polar surface area (TPSA) is 55.0 Å². The van der Waals surface area contributed by atoms with Crippen LogP contribution in [0.25, 0.3) is 0 Å². The Morgan fingerprint density at radius 2 is 2.06 bits per heavy atom. The molecule has 1 aromatic rings. The Morgan fingerprint density at radius 3 is 2.61 bits per heavy atom. The summed E-state index contributed by atoms with van der Waals surface area (Å²) in [5, 5.41) is 0. The molecular weight excluding hydrogens is 296 g/mol. The van der Waals surface area contributed by atoms with Crippen LogP contribution >= 0.6 is 15.9 Å². The number of aryl methyl sites for hydroxylation is 1. The van der Waals surface area contributed by atoms with Gasteiger partial charge in [0.05, 0.1) is 5.69 Å². The summed E-state index contributed by atoms with van der Waals surface area (Å²) in [4.78, 5) is 19.0. The van der Waals surface area contributed by atoms with Crippen LogP contribution in [0.3, 0.4) is 0 Å². The van der Waals surface area contributed by atoms with Gasteiger partial charge in [-0.15, -0.1) is 0 Å². The van der Waals surface area contributed by atoms with Crippen LogP contribution in [0.15, 0.2) is 9.27 Å². The minimum atomic E-state index is -0.129. The van der Waals surface area contributed by atoms with Crippen molar-refractivity contribution < 1.29 is 4.74 Å². The highest BCUT2D eigenvalue weighted by Gasteiger charge is 2.27. The number of hydrogen-bond donors (Lipinski definition) is 1. The molecule has 1 saturated carbocycles. The van der Waals surface area contributed by atoms with Crippen molar-refractivity contribution in [3.05, 3.63) is 26.3 Å². The fraction of sp³-hybridized carbons (Fsp3) is 0.692. The Morgan fingerprint density at radius 1 is 1.39 bits per heavy atom. The second-order valence-corrected chi connectivity index (χ2v) is 5.70. The molecule has 0 aliphatic heterocycles. The van der Waals surface area contributed by atoms with Crippen molar-refractivity contribution in [1.82, 2.24) is 9.97 Å². The second-order valence-electron chi connectivity index (χ2n) is 4.90. The van der Waals surface area contributed by atoms with E-state index in [1.54, 1.807) is 7.11 Å². The van der Waals surface area contributed by atoms with Gasteiger partial charge in [-0.25, -0.2) is 4.98 Å². The molecule has 5 heteroatoms. The number of ether oxygens (including phenoxy) is 1. The molecule has 0 aromatic carbocycles. The lowest BCUT2D eigenvalue weighted by atomic mass is 9.85. The van der Waals surface area contributed by atoms with Gasteiger partial charge >= 0.3 is 0 Å². The summed E-state index contributed by atoms with van der Waals surface area (Å²) in [6.45, 7) is 1.83. The summed E-state index contributed by atoms with van der Waals surface area (Å²) in [7, 11) is 1.69. The molecule has 1 N–H and O–H groups in total. The molecule has 1 atom stereocenters. The maximum atomic E-state index is 11.8. The molecule has 18 heavy (non-hydrogen) atoms. The van der Waals surface area contributed by atoms with Gasteiger partial charge in [0.15, 0.2) is 0 Å². The van der Waals surface area contributed by atoms with Gasteiger partial charge in [-0.2, -0.15) is 0 Å². The first kappa shape index (κ1) is 13.7. The standard InChI is InChI=1S/C13H19BrN2O2/c1-8-10(14)13(17)16-12(15-8)11(18-2)9-6-4-3-5-7-9/h9,11H,3-7H2,1-2H3,(H,15,16,17). The first-order valence-corrected chi connectivity index (χ1v) is 7.22. The molecule has 1 fully saturated rings. The number of nitrogens with zero attached hydrogens (tertiary/aromatic N) is 1. The zero-order valence-corrected chi connectivity index (χ0v) is 12.4. The maximum absolute atomic E-state index is 11.8. The zero-order valence-electron chi connectivity index (χ0n) is 10.8. The summed E-state index contributed by atoms with van der Waals surface area (Å²) in [5.41, 5.74) is 0.585. The van der Waals surface area contributed by atoms with Crippen LogP contribution in [0.4, 0.5) is 0 Å². The van der Waals surface area contributed by atoms with Gasteiger partial charge in [0, 0.05) is 7.11 Å². The molecule has 2 rings (SSSR count). The van der Waals surface area contributed by atoms with Crippen molar-refractivity contribution in [3.63, 3.8) is 0 Å². The fourth-order valence-electron chi connectivity index (χ4n) is 2.69. The lowest BCUT2D eigenvalue weighted by molar-refractivity contribution is 0.0286. The molecule has 1 aromatic heterocycles. The van der Waals surface area contributed by atoms with E-state index in [1.807, 2.05) is 6.92 Å². The average Bonchev–Trinajstić information content (AvgIpc) is 2.38. The lowest BCUT2D eigenvalue weighted by Crippen LogP contribution is -2.24. The highest BCUT2D eigenvalue weighted by atomic mass is 79.9. The Labute approximate surface area is 115 Å². The van der Waals surface area contributed by atoms with E-state index in [-0.39, 0.29) is 11.7 Å². The van der Waals surface area contributed by atoms with E-state index in [0.29, 0.717) is 21.9 Å². The predicted octanol–water partition coefficient (Wildman–Crippen LogP) is 3.11. The van der Waals surface area contributed by atoms with Gasteiger partial charge in [-0.3, -0.25) is 4.79 Å². The molecule has 1 aliphatic carbocycles. The van der Waals surface area contributed by atoms with Crippen molar-refractivity contribution in [1.29, 1.82) is 0 Å². The summed E-state index contributed by atoms with van der Waals surface area (Å²) < 4.78 is 6.08. The highest BCUT2D eigenvalue weighted by Crippen LogP contribution is 2.35. The molecule has 0 amide bonds. The molecule has 1 aliphatic rings. The summed E-state index contributed by atoms with van der Waals surface area (Å²) in [6, 6.07) is 0. The number of aromatic amines is 1. The van der Waals surface area contributed by atoms with Gasteiger partial charge < -0.3 is 9.72 Å². The van der Waals surface area contributed by atoms with Crippen LogP contribution < -0.4 is 5.56 Å². The van der Waals surface area contributed by atoms with Gasteiger partial charge in [-0.1, -0.05) is 19.3 Å². The number of aromatic nitrogens is 2. The monoisotopic (exact) mass is 314 g/mol. The summed E-state index contributed by atoms with van der Waals surface area (Å²) in [6.07, 6.45) is 5.99. The first-order chi connectivity index (χ1) is 8.63. The second kappa shape index (κ2) is 5.97. The number of hydrogen-bond acceptors (Lipinski definition) is 3. The Hall–Kier alpha value is -0.680. The third kappa shape index (κ3) is 2.83. The van der Waals surface area contributed by atoms with Crippen molar-refractivity contribution in [3.8, 4) is 0 Å². The largest absolute Gasteiger partial charge is 0.373 e. The van der Waals surface area contributed by atoms with Crippen LogP contribution in [0.5, 0.6) is 0 Å². The number of methoxy groups -OCH3 is 1. The minimum absolute atomic E-state index is 0.0928. The smallest absolute Gasteiger partial charge is 0.265 e. The maximum Gasteiger partial charge on any atom is 0.265 e. The van der Waals surface area contributed by atoms with E-state index in [9.17, 15) is 4.79 Å². The normalized spacial score (nSPS) is 18.8. The van der Waals surface area contributed by atoms with E-state index in [4.69, 9.17) is 4.74 Å². The Kier molecular flexibility index (Phi) is 4.56. The number of H-pyrrole nitrogens is 1. The van der Waals surface area contributed by atoms with Crippen molar-refractivity contribution >= 4 is 15.9 Å². The number of halogens is 1. The quantitative estimate of drug-likeness (QED) is 0.932. The van der Waals surface area contributed by atoms with E-state index in [1.165, 1.54) is 19.3 Å². The highest BCUT2D eigenvalue weighted by molar-refractivity contribution is 9.10. The van der Waals surface area contributed by atoms with E-state index >= 15 is 0 Å². The predicted molar refractivity (Wildman–Crippen MR) is 73.6 cm³/mol. The first-order valence-electron chi connectivity index (χ1n) is 6.42. The van der Waals surface area contributed by atoms with E-state index < -0.39 is 0 Å². The summed E-state index contributed by atoms with van der Waals surface area (Å²) >= 11 is 3.23. The van der Waals surface area contributed by atoms with Crippen LogP contribution in [-0.2, 0) is 4.74 Å². The Balaban J connectivity index is 2.29. The van der Waals surface area contributed by atoms with Crippen LogP contribution in [0.2, 0.25) is 0 Å². The van der Waals surface area contributed by atoms with Crippen molar-refractivity contribution in [2.45, 2.75) is 45.1 Å². The molecule has 0 saturated heterocycles. The summed E-state index contributed by atoms with van der Waals surface area (Å²) in [5.74, 6) is 1.13. The van der Waals surface area contributed by atoms with Crippen LogP contribution in [0, 0.1) is 12.8 Å². The SMILES string of the molecule is COC(c1nc(C)c(Br)c(=O)[nH]1)C1CCCCC1.